The van der Waals surface area contributed by atoms with Crippen molar-refractivity contribution in [2.75, 3.05) is 6.61 Å². The van der Waals surface area contributed by atoms with Crippen molar-refractivity contribution in [3.05, 3.63) is 12.2 Å². The molecule has 0 aromatic heterocycles. The Morgan fingerprint density at radius 2 is 2.00 bits per heavy atom. The Hall–Kier alpha value is -0.830. The number of rotatable bonds is 8. The first kappa shape index (κ1) is 15.2. The molecule has 0 spiro atoms. The average Bonchev–Trinajstić information content (AvgIpc) is 2.16. The average molecular weight is 228 g/mol. The Morgan fingerprint density at radius 3 is 2.44 bits per heavy atom. The minimum Gasteiger partial charge on any atom is -0.432 e. The lowest BCUT2D eigenvalue weighted by molar-refractivity contribution is -0.177. The van der Waals surface area contributed by atoms with Crippen molar-refractivity contribution in [1.82, 2.24) is 0 Å². The molecular formula is C13H24O3. The van der Waals surface area contributed by atoms with Crippen molar-refractivity contribution in [3.8, 4) is 0 Å². The van der Waals surface area contributed by atoms with Gasteiger partial charge < -0.3 is 9.47 Å². The maximum Gasteiger partial charge on any atom is 0.335 e. The van der Waals surface area contributed by atoms with E-state index in [1.165, 1.54) is 0 Å². The fraction of sp³-hybridized carbons (Fsp3) is 0.769. The van der Waals surface area contributed by atoms with Gasteiger partial charge in [-0.15, -0.1) is 0 Å². The van der Waals surface area contributed by atoms with Crippen LogP contribution >= 0.6 is 0 Å². The van der Waals surface area contributed by atoms with Crippen molar-refractivity contribution in [3.63, 3.8) is 0 Å². The lowest BCUT2D eigenvalue weighted by Gasteiger charge is -2.20. The summed E-state index contributed by atoms with van der Waals surface area (Å²) < 4.78 is 10.7. The third-order valence-corrected chi connectivity index (χ3v) is 2.05. The highest BCUT2D eigenvalue weighted by molar-refractivity contribution is 5.86. The van der Waals surface area contributed by atoms with Gasteiger partial charge in [-0.3, -0.25) is 0 Å². The Morgan fingerprint density at radius 1 is 1.38 bits per heavy atom. The van der Waals surface area contributed by atoms with E-state index in [0.29, 0.717) is 18.1 Å². The molecule has 0 N–H and O–H groups in total. The van der Waals surface area contributed by atoms with Crippen molar-refractivity contribution < 1.29 is 14.3 Å². The van der Waals surface area contributed by atoms with Crippen molar-refractivity contribution in [2.24, 2.45) is 5.92 Å². The van der Waals surface area contributed by atoms with Gasteiger partial charge in [0.1, 0.15) is 0 Å². The fourth-order valence-corrected chi connectivity index (χ4v) is 1.11. The largest absolute Gasteiger partial charge is 0.432 e. The van der Waals surface area contributed by atoms with E-state index in [1.54, 1.807) is 6.92 Å². The van der Waals surface area contributed by atoms with Gasteiger partial charge in [-0.1, -0.05) is 33.8 Å². The van der Waals surface area contributed by atoms with Gasteiger partial charge in [-0.2, -0.15) is 0 Å². The second kappa shape index (κ2) is 8.34. The maximum absolute atomic E-state index is 11.4. The van der Waals surface area contributed by atoms with Gasteiger partial charge in [0.05, 0.1) is 6.61 Å². The molecule has 1 atom stereocenters. The maximum atomic E-state index is 11.4. The van der Waals surface area contributed by atoms with Crippen molar-refractivity contribution in [2.45, 2.75) is 53.2 Å². The molecule has 0 amide bonds. The molecule has 3 heteroatoms. The van der Waals surface area contributed by atoms with E-state index in [0.717, 1.165) is 19.3 Å². The minimum absolute atomic E-state index is 0.373. The monoisotopic (exact) mass is 228 g/mol. The van der Waals surface area contributed by atoms with E-state index < -0.39 is 6.29 Å². The first-order chi connectivity index (χ1) is 7.47. The van der Waals surface area contributed by atoms with Crippen LogP contribution in [0.3, 0.4) is 0 Å². The van der Waals surface area contributed by atoms with Crippen LogP contribution in [-0.4, -0.2) is 18.9 Å². The van der Waals surface area contributed by atoms with Gasteiger partial charge in [0.25, 0.3) is 0 Å². The van der Waals surface area contributed by atoms with Crippen LogP contribution in [0.5, 0.6) is 0 Å². The molecule has 0 bridgehead atoms. The summed E-state index contributed by atoms with van der Waals surface area (Å²) in [6.45, 7) is 12.1. The van der Waals surface area contributed by atoms with Crippen LogP contribution in [0.25, 0.3) is 0 Å². The number of ether oxygens (including phenoxy) is 2. The Bertz CT molecular complexity index is 221. The summed E-state index contributed by atoms with van der Waals surface area (Å²) in [6.07, 6.45) is 2.35. The van der Waals surface area contributed by atoms with Crippen LogP contribution in [0.15, 0.2) is 12.2 Å². The Labute approximate surface area is 98.8 Å². The number of unbranched alkanes of at least 4 members (excludes halogenated alkanes) is 1. The molecule has 1 unspecified atom stereocenters. The van der Waals surface area contributed by atoms with E-state index in [-0.39, 0.29) is 5.97 Å². The van der Waals surface area contributed by atoms with E-state index in [4.69, 9.17) is 9.47 Å². The van der Waals surface area contributed by atoms with E-state index in [2.05, 4.69) is 27.4 Å². The van der Waals surface area contributed by atoms with E-state index in [1.807, 2.05) is 0 Å². The fourth-order valence-electron chi connectivity index (χ4n) is 1.11. The molecule has 0 aliphatic carbocycles. The summed E-state index contributed by atoms with van der Waals surface area (Å²) in [6, 6.07) is 0. The quantitative estimate of drug-likeness (QED) is 0.277. The second-order valence-corrected chi connectivity index (χ2v) is 4.47. The van der Waals surface area contributed by atoms with Crippen molar-refractivity contribution in [1.29, 1.82) is 0 Å². The highest BCUT2D eigenvalue weighted by Crippen LogP contribution is 2.12. The van der Waals surface area contributed by atoms with Gasteiger partial charge >= 0.3 is 5.97 Å². The lowest BCUT2D eigenvalue weighted by atomic mass is 10.1. The number of carbonyl (C=O) groups is 1. The van der Waals surface area contributed by atoms with Gasteiger partial charge in [-0.25, -0.2) is 4.79 Å². The first-order valence-electron chi connectivity index (χ1n) is 5.95. The van der Waals surface area contributed by atoms with Gasteiger partial charge in [0, 0.05) is 12.0 Å². The molecule has 3 nitrogen and oxygen atoms in total. The highest BCUT2D eigenvalue weighted by Gasteiger charge is 2.16. The summed E-state index contributed by atoms with van der Waals surface area (Å²) in [4.78, 5) is 11.4. The zero-order valence-electron chi connectivity index (χ0n) is 10.9. The zero-order chi connectivity index (χ0) is 12.6. The topological polar surface area (TPSA) is 35.5 Å². The predicted octanol–water partition coefficient (Wildman–Crippen LogP) is 3.29. The molecule has 0 rings (SSSR count). The normalized spacial score (nSPS) is 12.6. The van der Waals surface area contributed by atoms with Gasteiger partial charge in [0.15, 0.2) is 0 Å². The number of hydrogen-bond donors (Lipinski definition) is 0. The van der Waals surface area contributed by atoms with Crippen LogP contribution in [0.2, 0.25) is 0 Å². The molecule has 0 aromatic rings. The highest BCUT2D eigenvalue weighted by atomic mass is 16.7. The summed E-state index contributed by atoms with van der Waals surface area (Å²) in [5, 5.41) is 0. The van der Waals surface area contributed by atoms with E-state index >= 15 is 0 Å². The molecule has 94 valence electrons. The molecule has 0 heterocycles. The lowest BCUT2D eigenvalue weighted by Crippen LogP contribution is -2.24. The van der Waals surface area contributed by atoms with Gasteiger partial charge in [-0.05, 0) is 19.3 Å². The number of esters is 1. The molecule has 16 heavy (non-hydrogen) atoms. The second-order valence-electron chi connectivity index (χ2n) is 4.47. The van der Waals surface area contributed by atoms with Crippen LogP contribution in [0.1, 0.15) is 47.0 Å². The molecule has 0 radical (unpaired) electrons. The Balaban J connectivity index is 4.09. The third kappa shape index (κ3) is 7.46. The summed E-state index contributed by atoms with van der Waals surface area (Å²) in [5.74, 6) is 0.0618. The smallest absolute Gasteiger partial charge is 0.335 e. The standard InChI is InChI=1S/C13H24O3/c1-6-7-8-15-12(9-10(2)3)16-13(14)11(4)5/h10,12H,4,6-9H2,1-3,5H3. The van der Waals surface area contributed by atoms with Crippen LogP contribution < -0.4 is 0 Å². The predicted molar refractivity (Wildman–Crippen MR) is 65.0 cm³/mol. The molecule has 0 fully saturated rings. The molecule has 0 saturated carbocycles. The Kier molecular flexibility index (Phi) is 7.90. The number of carbonyl (C=O) groups excluding carboxylic acids is 1. The van der Waals surface area contributed by atoms with Crippen LogP contribution in [-0.2, 0) is 14.3 Å². The zero-order valence-corrected chi connectivity index (χ0v) is 10.9. The van der Waals surface area contributed by atoms with Gasteiger partial charge in [0.2, 0.25) is 6.29 Å². The number of hydrogen-bond acceptors (Lipinski definition) is 3. The summed E-state index contributed by atoms with van der Waals surface area (Å²) >= 11 is 0. The van der Waals surface area contributed by atoms with E-state index in [9.17, 15) is 4.79 Å². The third-order valence-electron chi connectivity index (χ3n) is 2.05. The van der Waals surface area contributed by atoms with Crippen LogP contribution in [0.4, 0.5) is 0 Å². The molecule has 0 aliphatic heterocycles. The van der Waals surface area contributed by atoms with Crippen LogP contribution in [0, 0.1) is 5.92 Å². The molecule has 0 aromatic carbocycles. The SMILES string of the molecule is C=C(C)C(=O)OC(CC(C)C)OCCCC. The summed E-state index contributed by atoms with van der Waals surface area (Å²) in [5.41, 5.74) is 0.410. The first-order valence-corrected chi connectivity index (χ1v) is 5.95. The molecule has 0 saturated heterocycles. The molecule has 0 aliphatic rings. The minimum atomic E-state index is -0.434. The van der Waals surface area contributed by atoms with Crippen molar-refractivity contribution >= 4 is 5.97 Å². The molecular weight excluding hydrogens is 204 g/mol. The summed E-state index contributed by atoms with van der Waals surface area (Å²) in [7, 11) is 0.